The van der Waals surface area contributed by atoms with E-state index in [1.807, 2.05) is 0 Å². The SMILES string of the molecule is Cc1nc(CN2CCC(C(=O)N3C4CCNCC3CC4)CC2)cs1. The van der Waals surface area contributed by atoms with Gasteiger partial charge in [0.05, 0.1) is 10.7 Å². The number of piperidine rings is 1. The minimum absolute atomic E-state index is 0.236. The van der Waals surface area contributed by atoms with Crippen molar-refractivity contribution in [2.45, 2.75) is 57.7 Å². The monoisotopic (exact) mass is 348 g/mol. The number of fused-ring (bicyclic) bond motifs is 2. The van der Waals surface area contributed by atoms with Crippen molar-refractivity contribution >= 4 is 17.2 Å². The maximum atomic E-state index is 13.1. The zero-order valence-corrected chi connectivity index (χ0v) is 15.4. The highest BCUT2D eigenvalue weighted by molar-refractivity contribution is 7.09. The number of amides is 1. The van der Waals surface area contributed by atoms with Crippen LogP contribution in [0.2, 0.25) is 0 Å². The maximum absolute atomic E-state index is 13.1. The summed E-state index contributed by atoms with van der Waals surface area (Å²) in [4.78, 5) is 22.4. The summed E-state index contributed by atoms with van der Waals surface area (Å²) in [5.41, 5.74) is 1.18. The normalized spacial score (nSPS) is 29.0. The first-order valence-corrected chi connectivity index (χ1v) is 10.2. The molecule has 2 bridgehead atoms. The van der Waals surface area contributed by atoms with Crippen molar-refractivity contribution in [1.82, 2.24) is 20.1 Å². The molecule has 0 saturated carbocycles. The van der Waals surface area contributed by atoms with Gasteiger partial charge in [0, 0.05) is 36.5 Å². The van der Waals surface area contributed by atoms with Crippen LogP contribution in [0.3, 0.4) is 0 Å². The van der Waals surface area contributed by atoms with Gasteiger partial charge in [0.2, 0.25) is 5.91 Å². The van der Waals surface area contributed by atoms with Crippen LogP contribution in [0.15, 0.2) is 5.38 Å². The molecule has 1 N–H and O–H groups in total. The fourth-order valence-corrected chi connectivity index (χ4v) is 5.20. The van der Waals surface area contributed by atoms with Gasteiger partial charge < -0.3 is 10.2 Å². The molecule has 24 heavy (non-hydrogen) atoms. The zero-order chi connectivity index (χ0) is 16.5. The number of nitrogens with zero attached hydrogens (tertiary/aromatic N) is 3. The standard InChI is InChI=1S/C18H28N4OS/c1-13-20-15(12-24-13)11-21-8-5-14(6-9-21)18(23)22-16-2-3-17(22)10-19-7-4-16/h12,14,16-17,19H,2-11H2,1H3. The van der Waals surface area contributed by atoms with E-state index in [9.17, 15) is 4.79 Å². The number of aromatic nitrogens is 1. The summed E-state index contributed by atoms with van der Waals surface area (Å²) in [5, 5.41) is 6.80. The van der Waals surface area contributed by atoms with E-state index >= 15 is 0 Å². The van der Waals surface area contributed by atoms with Gasteiger partial charge in [0.15, 0.2) is 0 Å². The predicted octanol–water partition coefficient (Wildman–Crippen LogP) is 2.02. The number of carbonyl (C=O) groups is 1. The second kappa shape index (κ2) is 7.10. The van der Waals surface area contributed by atoms with Gasteiger partial charge in [-0.1, -0.05) is 0 Å². The van der Waals surface area contributed by atoms with Crippen LogP contribution in [0, 0.1) is 12.8 Å². The lowest BCUT2D eigenvalue weighted by molar-refractivity contribution is -0.139. The highest BCUT2D eigenvalue weighted by atomic mass is 32.1. The Hall–Kier alpha value is -0.980. The molecule has 0 aromatic carbocycles. The molecule has 4 rings (SSSR count). The summed E-state index contributed by atoms with van der Waals surface area (Å²) < 4.78 is 0. The van der Waals surface area contributed by atoms with E-state index in [1.54, 1.807) is 11.3 Å². The first-order chi connectivity index (χ1) is 11.7. The quantitative estimate of drug-likeness (QED) is 0.908. The molecule has 2 atom stereocenters. The third kappa shape index (κ3) is 3.37. The molecule has 3 fully saturated rings. The average molecular weight is 349 g/mol. The van der Waals surface area contributed by atoms with Gasteiger partial charge in [-0.3, -0.25) is 9.69 Å². The van der Waals surface area contributed by atoms with E-state index in [0.717, 1.165) is 57.0 Å². The van der Waals surface area contributed by atoms with Crippen molar-refractivity contribution in [3.05, 3.63) is 16.1 Å². The lowest BCUT2D eigenvalue weighted by Gasteiger charge is -2.36. The molecular formula is C18H28N4OS. The second-order valence-electron chi connectivity index (χ2n) is 7.53. The molecule has 4 heterocycles. The van der Waals surface area contributed by atoms with Gasteiger partial charge in [-0.2, -0.15) is 0 Å². The molecule has 2 unspecified atom stereocenters. The number of carbonyl (C=O) groups excluding carboxylic acids is 1. The smallest absolute Gasteiger partial charge is 0.226 e. The first-order valence-electron chi connectivity index (χ1n) is 9.37. The molecule has 0 spiro atoms. The summed E-state index contributed by atoms with van der Waals surface area (Å²) in [7, 11) is 0. The molecule has 0 radical (unpaired) electrons. The van der Waals surface area contributed by atoms with Crippen molar-refractivity contribution in [3.63, 3.8) is 0 Å². The Labute approximate surface area is 148 Å². The molecule has 3 saturated heterocycles. The van der Waals surface area contributed by atoms with Crippen LogP contribution in [0.25, 0.3) is 0 Å². The van der Waals surface area contributed by atoms with Crippen LogP contribution >= 0.6 is 11.3 Å². The van der Waals surface area contributed by atoms with Gasteiger partial charge in [-0.05, 0) is 58.7 Å². The van der Waals surface area contributed by atoms with Crippen molar-refractivity contribution in [3.8, 4) is 0 Å². The highest BCUT2D eigenvalue weighted by Gasteiger charge is 2.40. The van der Waals surface area contributed by atoms with E-state index in [-0.39, 0.29) is 5.92 Å². The topological polar surface area (TPSA) is 48.5 Å². The van der Waals surface area contributed by atoms with E-state index < -0.39 is 0 Å². The number of thiazole rings is 1. The Morgan fingerprint density at radius 2 is 2.04 bits per heavy atom. The van der Waals surface area contributed by atoms with Crippen molar-refractivity contribution in [2.24, 2.45) is 5.92 Å². The van der Waals surface area contributed by atoms with Crippen molar-refractivity contribution in [2.75, 3.05) is 26.2 Å². The second-order valence-corrected chi connectivity index (χ2v) is 8.59. The van der Waals surface area contributed by atoms with Gasteiger partial charge in [0.1, 0.15) is 0 Å². The van der Waals surface area contributed by atoms with Gasteiger partial charge >= 0.3 is 0 Å². The third-order valence-electron chi connectivity index (χ3n) is 5.90. The molecule has 132 valence electrons. The highest BCUT2D eigenvalue weighted by Crippen LogP contribution is 2.32. The van der Waals surface area contributed by atoms with E-state index in [2.05, 4.69) is 32.4 Å². The van der Waals surface area contributed by atoms with Gasteiger partial charge in [0.25, 0.3) is 0 Å². The Balaban J connectivity index is 1.33. The number of rotatable bonds is 3. The van der Waals surface area contributed by atoms with Gasteiger partial charge in [-0.15, -0.1) is 11.3 Å². The fraction of sp³-hybridized carbons (Fsp3) is 0.778. The van der Waals surface area contributed by atoms with Crippen LogP contribution in [-0.2, 0) is 11.3 Å². The molecule has 1 amide bonds. The minimum atomic E-state index is 0.236. The lowest BCUT2D eigenvalue weighted by Crippen LogP contribution is -2.48. The molecule has 3 aliphatic rings. The largest absolute Gasteiger partial charge is 0.335 e. The molecule has 5 nitrogen and oxygen atoms in total. The zero-order valence-electron chi connectivity index (χ0n) is 14.5. The number of hydrogen-bond donors (Lipinski definition) is 1. The molecule has 3 aliphatic heterocycles. The number of likely N-dealkylation sites (tertiary alicyclic amines) is 1. The average Bonchev–Trinajstić information content (AvgIpc) is 3.09. The van der Waals surface area contributed by atoms with Crippen LogP contribution in [0.1, 0.15) is 42.8 Å². The predicted molar refractivity (Wildman–Crippen MR) is 96.0 cm³/mol. The van der Waals surface area contributed by atoms with Crippen molar-refractivity contribution < 1.29 is 4.79 Å². The van der Waals surface area contributed by atoms with E-state index in [4.69, 9.17) is 0 Å². The van der Waals surface area contributed by atoms with E-state index in [0.29, 0.717) is 18.0 Å². The minimum Gasteiger partial charge on any atom is -0.335 e. The van der Waals surface area contributed by atoms with E-state index in [1.165, 1.54) is 18.5 Å². The summed E-state index contributed by atoms with van der Waals surface area (Å²) in [6.07, 6.45) is 5.53. The van der Waals surface area contributed by atoms with Crippen LogP contribution < -0.4 is 5.32 Å². The first kappa shape index (κ1) is 16.5. The molecule has 1 aromatic rings. The number of nitrogens with one attached hydrogen (secondary N) is 1. The van der Waals surface area contributed by atoms with Crippen LogP contribution in [-0.4, -0.2) is 59.0 Å². The Morgan fingerprint density at radius 1 is 1.25 bits per heavy atom. The summed E-state index contributed by atoms with van der Waals surface area (Å²) in [5.74, 6) is 0.676. The Kier molecular flexibility index (Phi) is 4.88. The maximum Gasteiger partial charge on any atom is 0.226 e. The molecule has 1 aromatic heterocycles. The molecule has 0 aliphatic carbocycles. The van der Waals surface area contributed by atoms with Crippen LogP contribution in [0.4, 0.5) is 0 Å². The van der Waals surface area contributed by atoms with Crippen molar-refractivity contribution in [1.29, 1.82) is 0 Å². The lowest BCUT2D eigenvalue weighted by atomic mass is 9.94. The summed E-state index contributed by atoms with van der Waals surface area (Å²) in [6.45, 7) is 7.09. The molecule has 6 heteroatoms. The number of hydrogen-bond acceptors (Lipinski definition) is 5. The van der Waals surface area contributed by atoms with Crippen LogP contribution in [0.5, 0.6) is 0 Å². The fourth-order valence-electron chi connectivity index (χ4n) is 4.60. The van der Waals surface area contributed by atoms with Gasteiger partial charge in [-0.25, -0.2) is 4.98 Å². The summed E-state index contributed by atoms with van der Waals surface area (Å²) >= 11 is 1.72. The third-order valence-corrected chi connectivity index (χ3v) is 6.72. The molecular weight excluding hydrogens is 320 g/mol. The Morgan fingerprint density at radius 3 is 2.79 bits per heavy atom. The Bertz CT molecular complexity index is 567. The summed E-state index contributed by atoms with van der Waals surface area (Å²) in [6, 6.07) is 0.939. The number of aryl methyl sites for hydroxylation is 1.